The molecule has 1 N–H and O–H groups in total. The third kappa shape index (κ3) is 5.49. The van der Waals surface area contributed by atoms with Crippen LogP contribution in [0.4, 0.5) is 4.79 Å². The Morgan fingerprint density at radius 3 is 2.45 bits per heavy atom. The molecule has 2 aliphatic rings. The van der Waals surface area contributed by atoms with Gasteiger partial charge in [-0.25, -0.2) is 9.78 Å². The lowest BCUT2D eigenvalue weighted by Crippen LogP contribution is -2.44. The Balaban J connectivity index is 1.22. The quantitative estimate of drug-likeness (QED) is 0.722. The van der Waals surface area contributed by atoms with Crippen LogP contribution in [0.5, 0.6) is 0 Å². The van der Waals surface area contributed by atoms with E-state index < -0.39 is 0 Å². The molecule has 0 radical (unpaired) electrons. The number of nitrogens with zero attached hydrogens (tertiary/aromatic N) is 4. The second-order valence-electron chi connectivity index (χ2n) is 9.79. The van der Waals surface area contributed by atoms with Crippen molar-refractivity contribution in [1.29, 1.82) is 0 Å². The Hall–Kier alpha value is -2.61. The number of carbonyl (C=O) groups excluding carboxylic acids is 2. The van der Waals surface area contributed by atoms with Gasteiger partial charge in [0.1, 0.15) is 0 Å². The highest BCUT2D eigenvalue weighted by molar-refractivity contribution is 5.92. The summed E-state index contributed by atoms with van der Waals surface area (Å²) in [6, 6.07) is 5.94. The van der Waals surface area contributed by atoms with Crippen LogP contribution in [0.2, 0.25) is 0 Å². The van der Waals surface area contributed by atoms with Gasteiger partial charge in [0.25, 0.3) is 5.91 Å². The molecule has 8 nitrogen and oxygen atoms in total. The van der Waals surface area contributed by atoms with Gasteiger partial charge in [0, 0.05) is 32.4 Å². The Kier molecular flexibility index (Phi) is 7.53. The van der Waals surface area contributed by atoms with Crippen LogP contribution >= 0.6 is 0 Å². The van der Waals surface area contributed by atoms with Crippen LogP contribution in [-0.2, 0) is 4.74 Å². The van der Waals surface area contributed by atoms with Gasteiger partial charge < -0.3 is 19.9 Å². The minimum atomic E-state index is -0.208. The minimum Gasteiger partial charge on any atom is -0.453 e. The van der Waals surface area contributed by atoms with E-state index in [0.717, 1.165) is 69.6 Å². The van der Waals surface area contributed by atoms with E-state index in [1.165, 1.54) is 7.11 Å². The van der Waals surface area contributed by atoms with Crippen LogP contribution < -0.4 is 5.32 Å². The summed E-state index contributed by atoms with van der Waals surface area (Å²) in [6.07, 6.45) is 5.99. The number of hydrogen-bond donors (Lipinski definition) is 1. The average molecular weight is 456 g/mol. The molecule has 2 saturated heterocycles. The van der Waals surface area contributed by atoms with Gasteiger partial charge in [0.2, 0.25) is 5.82 Å². The first-order chi connectivity index (χ1) is 16.0. The smallest absolute Gasteiger partial charge is 0.409 e. The fourth-order valence-corrected chi connectivity index (χ4v) is 5.13. The highest BCUT2D eigenvalue weighted by atomic mass is 16.5. The summed E-state index contributed by atoms with van der Waals surface area (Å²) in [5.74, 6) is 1.79. The maximum Gasteiger partial charge on any atom is 0.409 e. The number of hydrogen-bond acceptors (Lipinski definition) is 5. The molecule has 0 aliphatic carbocycles. The number of pyridine rings is 1. The third-order valence-electron chi connectivity index (χ3n) is 7.15. The summed E-state index contributed by atoms with van der Waals surface area (Å²) in [5, 5.41) is 3.14. The van der Waals surface area contributed by atoms with Gasteiger partial charge in [-0.05, 0) is 68.7 Å². The Morgan fingerprint density at radius 2 is 1.79 bits per heavy atom. The standard InChI is InChI=1S/C25H37N5O3/c1-18(2)22-21-6-4-5-11-30(21)23(27-22)24(31)26-16-19-7-12-28(13-8-19)17-20-9-14-29(15-10-20)25(32)33-3/h4-6,11,18-20H,7-10,12-17H2,1-3H3,(H,26,31). The van der Waals surface area contributed by atoms with Gasteiger partial charge in [-0.2, -0.15) is 0 Å². The molecular formula is C25H37N5O3. The SMILES string of the molecule is COC(=O)N1CCC(CN2CCC(CNC(=O)c3nc(C(C)C)c4ccccn34)CC2)CC1. The first-order valence-corrected chi connectivity index (χ1v) is 12.3. The van der Waals surface area contributed by atoms with Gasteiger partial charge in [0.05, 0.1) is 18.3 Å². The van der Waals surface area contributed by atoms with Gasteiger partial charge >= 0.3 is 6.09 Å². The first kappa shape index (κ1) is 23.5. The monoisotopic (exact) mass is 455 g/mol. The second kappa shape index (κ2) is 10.5. The highest BCUT2D eigenvalue weighted by Crippen LogP contribution is 2.24. The minimum absolute atomic E-state index is 0.0945. The summed E-state index contributed by atoms with van der Waals surface area (Å²) in [4.78, 5) is 33.6. The van der Waals surface area contributed by atoms with Gasteiger partial charge in [-0.1, -0.05) is 19.9 Å². The normalized spacial score (nSPS) is 18.7. The Labute approximate surface area is 196 Å². The molecule has 2 aliphatic heterocycles. The van der Waals surface area contributed by atoms with Crippen LogP contribution in [0.3, 0.4) is 0 Å². The summed E-state index contributed by atoms with van der Waals surface area (Å²) < 4.78 is 6.73. The van der Waals surface area contributed by atoms with Crippen molar-refractivity contribution in [1.82, 2.24) is 24.5 Å². The van der Waals surface area contributed by atoms with Crippen molar-refractivity contribution in [3.05, 3.63) is 35.9 Å². The van der Waals surface area contributed by atoms with E-state index >= 15 is 0 Å². The topological polar surface area (TPSA) is 79.2 Å². The van der Waals surface area contributed by atoms with Crippen molar-refractivity contribution in [3.63, 3.8) is 0 Å². The van der Waals surface area contributed by atoms with Crippen molar-refractivity contribution in [2.24, 2.45) is 11.8 Å². The van der Waals surface area contributed by atoms with Gasteiger partial charge in [-0.15, -0.1) is 0 Å². The molecule has 4 heterocycles. The van der Waals surface area contributed by atoms with E-state index in [1.54, 1.807) is 4.90 Å². The molecule has 2 aromatic heterocycles. The average Bonchev–Trinajstić information content (AvgIpc) is 3.24. The van der Waals surface area contributed by atoms with Crippen molar-refractivity contribution < 1.29 is 14.3 Å². The number of methoxy groups -OCH3 is 1. The molecule has 0 aromatic carbocycles. The second-order valence-corrected chi connectivity index (χ2v) is 9.79. The van der Waals surface area contributed by atoms with Crippen molar-refractivity contribution in [2.75, 3.05) is 46.4 Å². The molecule has 33 heavy (non-hydrogen) atoms. The number of ether oxygens (including phenoxy) is 1. The van der Waals surface area contributed by atoms with Crippen LogP contribution in [-0.4, -0.2) is 77.6 Å². The molecule has 4 rings (SSSR count). The summed E-state index contributed by atoms with van der Waals surface area (Å²) >= 11 is 0. The molecule has 0 atom stereocenters. The van der Waals surface area contributed by atoms with E-state index in [-0.39, 0.29) is 17.9 Å². The number of aromatic nitrogens is 2. The first-order valence-electron chi connectivity index (χ1n) is 12.3. The molecule has 2 fully saturated rings. The Morgan fingerprint density at radius 1 is 1.09 bits per heavy atom. The number of imidazole rings is 1. The number of rotatable bonds is 6. The van der Waals surface area contributed by atoms with Crippen LogP contribution in [0, 0.1) is 11.8 Å². The van der Waals surface area contributed by atoms with Gasteiger partial charge in [0.15, 0.2) is 0 Å². The fourth-order valence-electron chi connectivity index (χ4n) is 5.13. The van der Waals surface area contributed by atoms with E-state index in [1.807, 2.05) is 28.8 Å². The molecule has 0 bridgehead atoms. The lowest BCUT2D eigenvalue weighted by Gasteiger charge is -2.37. The molecule has 0 spiro atoms. The number of amides is 2. The van der Waals surface area contributed by atoms with E-state index in [9.17, 15) is 9.59 Å². The number of nitrogens with one attached hydrogen (secondary N) is 1. The number of likely N-dealkylation sites (tertiary alicyclic amines) is 2. The lowest BCUT2D eigenvalue weighted by molar-refractivity contribution is 0.0885. The van der Waals surface area contributed by atoms with Crippen LogP contribution in [0.25, 0.3) is 5.52 Å². The lowest BCUT2D eigenvalue weighted by atomic mass is 9.93. The van der Waals surface area contributed by atoms with Crippen molar-refractivity contribution in [2.45, 2.75) is 45.4 Å². The fraction of sp³-hybridized carbons (Fsp3) is 0.640. The summed E-state index contributed by atoms with van der Waals surface area (Å²) in [5.41, 5.74) is 1.97. The zero-order chi connectivity index (χ0) is 23.4. The van der Waals surface area contributed by atoms with E-state index in [0.29, 0.717) is 24.2 Å². The maximum atomic E-state index is 12.9. The predicted octanol–water partition coefficient (Wildman–Crippen LogP) is 3.38. The van der Waals surface area contributed by atoms with E-state index in [2.05, 4.69) is 29.0 Å². The highest BCUT2D eigenvalue weighted by Gasteiger charge is 2.27. The zero-order valence-corrected chi connectivity index (χ0v) is 20.1. The molecule has 2 aromatic rings. The van der Waals surface area contributed by atoms with E-state index in [4.69, 9.17) is 4.74 Å². The van der Waals surface area contributed by atoms with Crippen molar-refractivity contribution >= 4 is 17.5 Å². The molecule has 0 saturated carbocycles. The molecule has 0 unspecified atom stereocenters. The molecular weight excluding hydrogens is 418 g/mol. The Bertz CT molecular complexity index is 956. The zero-order valence-electron chi connectivity index (χ0n) is 20.1. The summed E-state index contributed by atoms with van der Waals surface area (Å²) in [6.45, 7) is 9.74. The number of fused-ring (bicyclic) bond motifs is 1. The molecule has 180 valence electrons. The van der Waals surface area contributed by atoms with Crippen LogP contribution in [0.1, 0.15) is 61.8 Å². The third-order valence-corrected chi connectivity index (χ3v) is 7.15. The number of piperidine rings is 2. The number of carbonyl (C=O) groups is 2. The van der Waals surface area contributed by atoms with Crippen molar-refractivity contribution in [3.8, 4) is 0 Å². The maximum absolute atomic E-state index is 12.9. The predicted molar refractivity (Wildman–Crippen MR) is 127 cm³/mol. The summed E-state index contributed by atoms with van der Waals surface area (Å²) in [7, 11) is 1.45. The molecule has 8 heteroatoms. The largest absolute Gasteiger partial charge is 0.453 e. The molecule has 2 amide bonds. The van der Waals surface area contributed by atoms with Gasteiger partial charge in [-0.3, -0.25) is 9.20 Å². The van der Waals surface area contributed by atoms with Crippen LogP contribution in [0.15, 0.2) is 24.4 Å².